The van der Waals surface area contributed by atoms with E-state index >= 15 is 0 Å². The molecule has 0 spiro atoms. The number of carbonyl (C=O) groups is 4. The summed E-state index contributed by atoms with van der Waals surface area (Å²) in [5.74, 6) is -1.95. The molecule has 0 radical (unpaired) electrons. The van der Waals surface area contributed by atoms with Crippen LogP contribution in [0.2, 0.25) is 0 Å². The summed E-state index contributed by atoms with van der Waals surface area (Å²) in [5, 5.41) is 8.91. The predicted molar refractivity (Wildman–Crippen MR) is 107 cm³/mol. The summed E-state index contributed by atoms with van der Waals surface area (Å²) in [5.41, 5.74) is 1.49. The lowest BCUT2D eigenvalue weighted by Crippen LogP contribution is -2.54. The van der Waals surface area contributed by atoms with Gasteiger partial charge in [0, 0.05) is 26.1 Å². The lowest BCUT2D eigenvalue weighted by atomic mass is 10.0. The van der Waals surface area contributed by atoms with E-state index in [2.05, 4.69) is 16.0 Å². The summed E-state index contributed by atoms with van der Waals surface area (Å²) < 4.78 is 5.78. The van der Waals surface area contributed by atoms with Gasteiger partial charge in [-0.1, -0.05) is 6.07 Å². The number of hydrogen-bond acceptors (Lipinski definition) is 7. The van der Waals surface area contributed by atoms with Crippen LogP contribution in [0.15, 0.2) is 18.2 Å². The third kappa shape index (κ3) is 4.28. The molecule has 4 rings (SSSR count). The maximum atomic E-state index is 12.9. The van der Waals surface area contributed by atoms with E-state index in [-0.39, 0.29) is 24.9 Å². The maximum absolute atomic E-state index is 12.9. The highest BCUT2D eigenvalue weighted by molar-refractivity contribution is 6.23. The Balaban J connectivity index is 1.36. The van der Waals surface area contributed by atoms with Gasteiger partial charge < -0.3 is 15.4 Å². The SMILES string of the molecule is O=C1CCC(N2C(=O)c3ccc(CNCCC4CNCCCO4)cc3C2=O)C(=O)N1. The van der Waals surface area contributed by atoms with Crippen LogP contribution in [0.25, 0.3) is 0 Å². The van der Waals surface area contributed by atoms with Crippen molar-refractivity contribution in [1.29, 1.82) is 0 Å². The monoisotopic (exact) mass is 414 g/mol. The van der Waals surface area contributed by atoms with Crippen LogP contribution in [-0.4, -0.2) is 66.9 Å². The first-order valence-corrected chi connectivity index (χ1v) is 10.4. The Kier molecular flexibility index (Phi) is 6.21. The summed E-state index contributed by atoms with van der Waals surface area (Å²) in [6.07, 6.45) is 2.38. The number of hydrogen-bond donors (Lipinski definition) is 3. The number of nitrogens with zero attached hydrogens (tertiary/aromatic N) is 1. The molecule has 0 aromatic heterocycles. The Morgan fingerprint density at radius 2 is 1.97 bits per heavy atom. The van der Waals surface area contributed by atoms with Crippen LogP contribution in [-0.2, 0) is 20.9 Å². The van der Waals surface area contributed by atoms with E-state index in [0.29, 0.717) is 17.7 Å². The molecular weight excluding hydrogens is 388 g/mol. The van der Waals surface area contributed by atoms with Crippen molar-refractivity contribution in [2.45, 2.75) is 44.4 Å². The molecule has 3 N–H and O–H groups in total. The van der Waals surface area contributed by atoms with E-state index in [9.17, 15) is 19.2 Å². The quantitative estimate of drug-likeness (QED) is 0.441. The van der Waals surface area contributed by atoms with Crippen molar-refractivity contribution >= 4 is 23.6 Å². The van der Waals surface area contributed by atoms with Gasteiger partial charge in [-0.25, -0.2) is 0 Å². The van der Waals surface area contributed by atoms with E-state index in [0.717, 1.165) is 49.5 Å². The standard InChI is InChI=1S/C21H26N4O5/c26-18-5-4-17(19(27)24-18)25-20(28)15-3-2-13(10-16(15)21(25)29)11-23-8-6-14-12-22-7-1-9-30-14/h2-3,10,14,17,22-23H,1,4-9,11-12H2,(H,24,26,27). The topological polar surface area (TPSA) is 117 Å². The minimum Gasteiger partial charge on any atom is -0.377 e. The van der Waals surface area contributed by atoms with Crippen LogP contribution >= 0.6 is 0 Å². The Morgan fingerprint density at radius 3 is 2.80 bits per heavy atom. The third-order valence-electron chi connectivity index (χ3n) is 5.70. The molecule has 0 bridgehead atoms. The fraction of sp³-hybridized carbons (Fsp3) is 0.524. The van der Waals surface area contributed by atoms with Crippen LogP contribution in [0.4, 0.5) is 0 Å². The van der Waals surface area contributed by atoms with Crippen LogP contribution in [0.5, 0.6) is 0 Å². The molecule has 4 amide bonds. The van der Waals surface area contributed by atoms with Crippen molar-refractivity contribution in [3.8, 4) is 0 Å². The lowest BCUT2D eigenvalue weighted by Gasteiger charge is -2.27. The molecule has 0 aliphatic carbocycles. The van der Waals surface area contributed by atoms with Gasteiger partial charge in [-0.3, -0.25) is 29.4 Å². The maximum Gasteiger partial charge on any atom is 0.262 e. The van der Waals surface area contributed by atoms with Crippen LogP contribution in [0.1, 0.15) is 52.0 Å². The molecule has 2 atom stereocenters. The number of rotatable bonds is 6. The smallest absolute Gasteiger partial charge is 0.262 e. The van der Waals surface area contributed by atoms with Gasteiger partial charge in [0.25, 0.3) is 11.8 Å². The number of amides is 4. The first-order valence-electron chi connectivity index (χ1n) is 10.4. The minimum absolute atomic E-state index is 0.110. The summed E-state index contributed by atoms with van der Waals surface area (Å²) in [6, 6.07) is 4.22. The normalized spacial score (nSPS) is 24.6. The Morgan fingerprint density at radius 1 is 1.13 bits per heavy atom. The number of carbonyl (C=O) groups excluding carboxylic acids is 4. The van der Waals surface area contributed by atoms with Gasteiger partial charge in [-0.05, 0) is 50.0 Å². The summed E-state index contributed by atoms with van der Waals surface area (Å²) in [7, 11) is 0. The Labute approximate surface area is 174 Å². The van der Waals surface area contributed by atoms with E-state index in [1.54, 1.807) is 12.1 Å². The van der Waals surface area contributed by atoms with Crippen molar-refractivity contribution in [2.24, 2.45) is 0 Å². The molecule has 2 unspecified atom stereocenters. The Hall–Kier alpha value is -2.62. The zero-order valence-corrected chi connectivity index (χ0v) is 16.7. The predicted octanol–water partition coefficient (Wildman–Crippen LogP) is -0.0540. The molecule has 2 fully saturated rings. The molecule has 1 aromatic rings. The van der Waals surface area contributed by atoms with Gasteiger partial charge >= 0.3 is 0 Å². The van der Waals surface area contributed by atoms with Crippen LogP contribution < -0.4 is 16.0 Å². The van der Waals surface area contributed by atoms with Crippen molar-refractivity contribution in [3.05, 3.63) is 34.9 Å². The van der Waals surface area contributed by atoms with E-state index in [4.69, 9.17) is 4.74 Å². The molecule has 30 heavy (non-hydrogen) atoms. The van der Waals surface area contributed by atoms with Crippen LogP contribution in [0, 0.1) is 0 Å². The van der Waals surface area contributed by atoms with Gasteiger partial charge in [-0.15, -0.1) is 0 Å². The molecule has 1 aromatic carbocycles. The molecule has 3 aliphatic rings. The van der Waals surface area contributed by atoms with Gasteiger partial charge in [0.1, 0.15) is 6.04 Å². The fourth-order valence-electron chi connectivity index (χ4n) is 4.08. The summed E-state index contributed by atoms with van der Waals surface area (Å²) in [6.45, 7) is 3.96. The summed E-state index contributed by atoms with van der Waals surface area (Å²) >= 11 is 0. The fourth-order valence-corrected chi connectivity index (χ4v) is 4.08. The summed E-state index contributed by atoms with van der Waals surface area (Å²) in [4.78, 5) is 50.0. The zero-order valence-electron chi connectivity index (χ0n) is 16.7. The van der Waals surface area contributed by atoms with Crippen molar-refractivity contribution in [2.75, 3.05) is 26.2 Å². The number of piperidine rings is 1. The second-order valence-electron chi connectivity index (χ2n) is 7.84. The first-order chi connectivity index (χ1) is 14.5. The molecule has 9 nitrogen and oxygen atoms in total. The average molecular weight is 414 g/mol. The van der Waals surface area contributed by atoms with Crippen LogP contribution in [0.3, 0.4) is 0 Å². The van der Waals surface area contributed by atoms with E-state index in [1.165, 1.54) is 0 Å². The van der Waals surface area contributed by atoms with Gasteiger partial charge in [-0.2, -0.15) is 0 Å². The first kappa shape index (κ1) is 20.6. The van der Waals surface area contributed by atoms with Crippen molar-refractivity contribution < 1.29 is 23.9 Å². The highest BCUT2D eigenvalue weighted by atomic mass is 16.5. The second-order valence-corrected chi connectivity index (χ2v) is 7.84. The molecule has 160 valence electrons. The largest absolute Gasteiger partial charge is 0.377 e. The molecule has 2 saturated heterocycles. The van der Waals surface area contributed by atoms with Crippen molar-refractivity contribution in [3.63, 3.8) is 0 Å². The third-order valence-corrected chi connectivity index (χ3v) is 5.70. The van der Waals surface area contributed by atoms with Crippen molar-refractivity contribution in [1.82, 2.24) is 20.9 Å². The number of fused-ring (bicyclic) bond motifs is 1. The molecular formula is C21H26N4O5. The van der Waals surface area contributed by atoms with Gasteiger partial charge in [0.15, 0.2) is 0 Å². The number of benzene rings is 1. The number of imide groups is 2. The lowest BCUT2D eigenvalue weighted by molar-refractivity contribution is -0.136. The molecule has 0 saturated carbocycles. The van der Waals surface area contributed by atoms with Gasteiger partial charge in [0.2, 0.25) is 11.8 Å². The molecule has 3 aliphatic heterocycles. The highest BCUT2D eigenvalue weighted by Crippen LogP contribution is 2.28. The highest BCUT2D eigenvalue weighted by Gasteiger charge is 2.44. The Bertz CT molecular complexity index is 863. The zero-order chi connectivity index (χ0) is 21.1. The van der Waals surface area contributed by atoms with E-state index in [1.807, 2.05) is 6.07 Å². The number of ether oxygens (including phenoxy) is 1. The van der Waals surface area contributed by atoms with Gasteiger partial charge in [0.05, 0.1) is 17.2 Å². The molecule has 9 heteroatoms. The van der Waals surface area contributed by atoms with E-state index < -0.39 is 23.8 Å². The molecule has 3 heterocycles. The number of nitrogens with one attached hydrogen (secondary N) is 3. The average Bonchev–Trinajstić information content (AvgIpc) is 2.90. The minimum atomic E-state index is -0.940. The second kappa shape index (κ2) is 9.03.